The highest BCUT2D eigenvalue weighted by Gasteiger charge is 2.22. The van der Waals surface area contributed by atoms with E-state index < -0.39 is 11.9 Å². The Morgan fingerprint density at radius 2 is 1.71 bits per heavy atom. The number of hydrogen-bond donors (Lipinski definition) is 1. The van der Waals surface area contributed by atoms with Gasteiger partial charge in [0.25, 0.3) is 0 Å². The molecule has 0 aromatic heterocycles. The number of esters is 1. The number of hydrogen-bond acceptors (Lipinski definition) is 3. The van der Waals surface area contributed by atoms with Crippen molar-refractivity contribution < 1.29 is 14.3 Å². The van der Waals surface area contributed by atoms with Gasteiger partial charge in [-0.3, -0.25) is 4.79 Å². The van der Waals surface area contributed by atoms with Crippen LogP contribution in [0.15, 0.2) is 42.5 Å². The van der Waals surface area contributed by atoms with Crippen molar-refractivity contribution in [2.45, 2.75) is 52.4 Å². The molecule has 1 rings (SSSR count). The summed E-state index contributed by atoms with van der Waals surface area (Å²) in [5, 5.41) is 2.87. The molecule has 0 bridgehead atoms. The van der Waals surface area contributed by atoms with Gasteiger partial charge in [0.15, 0.2) is 0 Å². The Kier molecular flexibility index (Phi) is 9.51. The van der Waals surface area contributed by atoms with Crippen LogP contribution in [0.5, 0.6) is 5.75 Å². The third-order valence-electron chi connectivity index (χ3n) is 3.96. The average Bonchev–Trinajstić information content (AvgIpc) is 2.60. The maximum Gasteiger partial charge on any atom is 0.339 e. The first kappa shape index (κ1) is 19.9. The molecule has 0 spiro atoms. The number of para-hydroxylation sites is 1. The molecule has 1 N–H and O–H groups in total. The number of ether oxygens (including phenoxy) is 1. The van der Waals surface area contributed by atoms with Gasteiger partial charge in [-0.1, -0.05) is 63.8 Å². The van der Waals surface area contributed by atoms with Crippen LogP contribution in [0.3, 0.4) is 0 Å². The molecule has 4 heteroatoms. The molecule has 0 fully saturated rings. The van der Waals surface area contributed by atoms with Crippen LogP contribution in [0.1, 0.15) is 52.4 Å². The van der Waals surface area contributed by atoms with E-state index in [-0.39, 0.29) is 11.5 Å². The first-order chi connectivity index (χ1) is 11.6. The van der Waals surface area contributed by atoms with E-state index in [1.807, 2.05) is 6.07 Å². The molecular formula is C20H29NO3. The summed E-state index contributed by atoms with van der Waals surface area (Å²) in [5.41, 5.74) is 0.166. The Hall–Kier alpha value is -2.10. The molecule has 4 nitrogen and oxygen atoms in total. The van der Waals surface area contributed by atoms with Gasteiger partial charge in [-0.25, -0.2) is 4.79 Å². The average molecular weight is 331 g/mol. The molecule has 0 aliphatic carbocycles. The third kappa shape index (κ3) is 7.44. The van der Waals surface area contributed by atoms with Crippen molar-refractivity contribution >= 4 is 11.9 Å². The normalized spacial score (nSPS) is 11.6. The zero-order valence-corrected chi connectivity index (χ0v) is 14.8. The summed E-state index contributed by atoms with van der Waals surface area (Å²) in [4.78, 5) is 24.1. The third-order valence-corrected chi connectivity index (χ3v) is 3.96. The van der Waals surface area contributed by atoms with Crippen LogP contribution in [0.4, 0.5) is 0 Å². The lowest BCUT2D eigenvalue weighted by molar-refractivity contribution is -0.133. The molecule has 0 heterocycles. The van der Waals surface area contributed by atoms with Crippen molar-refractivity contribution in [3.05, 3.63) is 42.5 Å². The standard InChI is InChI=1S/C20H29NO3/c1-4-5-6-7-8-12-15-21-19(22)16(2)17(3)20(23)24-18-13-10-9-11-14-18/h9-11,13-14,16H,3-8,12,15H2,1-2H3,(H,21,22). The Balaban J connectivity index is 2.28. The van der Waals surface area contributed by atoms with Gasteiger partial charge in [0.05, 0.1) is 5.92 Å². The monoisotopic (exact) mass is 331 g/mol. The highest BCUT2D eigenvalue weighted by atomic mass is 16.5. The van der Waals surface area contributed by atoms with Gasteiger partial charge in [-0.05, 0) is 25.5 Å². The van der Waals surface area contributed by atoms with Gasteiger partial charge in [-0.15, -0.1) is 0 Å². The number of benzene rings is 1. The van der Waals surface area contributed by atoms with E-state index in [4.69, 9.17) is 4.74 Å². The fraction of sp³-hybridized carbons (Fsp3) is 0.500. The van der Waals surface area contributed by atoms with Gasteiger partial charge in [0.1, 0.15) is 5.75 Å². The van der Waals surface area contributed by atoms with Crippen LogP contribution >= 0.6 is 0 Å². The summed E-state index contributed by atoms with van der Waals surface area (Å²) >= 11 is 0. The predicted molar refractivity (Wildman–Crippen MR) is 96.8 cm³/mol. The number of nitrogens with one attached hydrogen (secondary N) is 1. The molecule has 1 amide bonds. The number of rotatable bonds is 11. The van der Waals surface area contributed by atoms with Gasteiger partial charge in [-0.2, -0.15) is 0 Å². The fourth-order valence-electron chi connectivity index (χ4n) is 2.27. The minimum Gasteiger partial charge on any atom is -0.423 e. The summed E-state index contributed by atoms with van der Waals surface area (Å²) in [6.07, 6.45) is 7.04. The molecule has 0 aliphatic rings. The summed E-state index contributed by atoms with van der Waals surface area (Å²) in [7, 11) is 0. The van der Waals surface area contributed by atoms with Crippen LogP contribution in [-0.4, -0.2) is 18.4 Å². The number of carbonyl (C=O) groups is 2. The van der Waals surface area contributed by atoms with Gasteiger partial charge in [0, 0.05) is 12.1 Å². The first-order valence-corrected chi connectivity index (χ1v) is 8.80. The molecule has 1 atom stereocenters. The number of carbonyl (C=O) groups excluding carboxylic acids is 2. The molecule has 0 aliphatic heterocycles. The SMILES string of the molecule is C=C(C(=O)Oc1ccccc1)C(C)C(=O)NCCCCCCCC. The predicted octanol–water partition coefficient (Wildman–Crippen LogP) is 4.26. The molecule has 132 valence electrons. The van der Waals surface area contributed by atoms with Crippen LogP contribution < -0.4 is 10.1 Å². The van der Waals surface area contributed by atoms with Crippen molar-refractivity contribution in [2.24, 2.45) is 5.92 Å². The van der Waals surface area contributed by atoms with Crippen LogP contribution in [0.2, 0.25) is 0 Å². The summed E-state index contributed by atoms with van der Waals surface area (Å²) < 4.78 is 5.21. The van der Waals surface area contributed by atoms with Gasteiger partial charge in [0.2, 0.25) is 5.91 Å². The lowest BCUT2D eigenvalue weighted by Crippen LogP contribution is -2.33. The lowest BCUT2D eigenvalue weighted by atomic mass is 10.0. The van der Waals surface area contributed by atoms with Crippen molar-refractivity contribution in [3.63, 3.8) is 0 Å². The van der Waals surface area contributed by atoms with E-state index in [9.17, 15) is 9.59 Å². The maximum absolute atomic E-state index is 12.1. The van der Waals surface area contributed by atoms with Crippen molar-refractivity contribution in [1.82, 2.24) is 5.32 Å². The Morgan fingerprint density at radius 1 is 1.08 bits per heavy atom. The topological polar surface area (TPSA) is 55.4 Å². The van der Waals surface area contributed by atoms with Crippen molar-refractivity contribution in [2.75, 3.05) is 6.54 Å². The minimum atomic E-state index is -0.596. The second kappa shape index (κ2) is 11.4. The van der Waals surface area contributed by atoms with Crippen molar-refractivity contribution in [1.29, 1.82) is 0 Å². The Morgan fingerprint density at radius 3 is 2.38 bits per heavy atom. The van der Waals surface area contributed by atoms with Crippen LogP contribution in [0, 0.1) is 5.92 Å². The first-order valence-electron chi connectivity index (χ1n) is 8.80. The second-order valence-electron chi connectivity index (χ2n) is 6.01. The van der Waals surface area contributed by atoms with Crippen molar-refractivity contribution in [3.8, 4) is 5.75 Å². The minimum absolute atomic E-state index is 0.166. The molecular weight excluding hydrogens is 302 g/mol. The quantitative estimate of drug-likeness (QED) is 0.285. The fourth-order valence-corrected chi connectivity index (χ4v) is 2.27. The zero-order chi connectivity index (χ0) is 17.8. The summed E-state index contributed by atoms with van der Waals surface area (Å²) in [5.74, 6) is -0.897. The molecule has 24 heavy (non-hydrogen) atoms. The summed E-state index contributed by atoms with van der Waals surface area (Å²) in [6, 6.07) is 8.78. The lowest BCUT2D eigenvalue weighted by Gasteiger charge is -2.14. The van der Waals surface area contributed by atoms with Gasteiger partial charge < -0.3 is 10.1 Å². The number of unbranched alkanes of at least 4 members (excludes halogenated alkanes) is 5. The number of amides is 1. The molecule has 0 saturated carbocycles. The van der Waals surface area contributed by atoms with Gasteiger partial charge >= 0.3 is 5.97 Å². The van der Waals surface area contributed by atoms with E-state index in [2.05, 4.69) is 18.8 Å². The second-order valence-corrected chi connectivity index (χ2v) is 6.01. The summed E-state index contributed by atoms with van der Waals surface area (Å²) in [6.45, 7) is 8.21. The maximum atomic E-state index is 12.1. The Bertz CT molecular complexity index is 525. The highest BCUT2D eigenvalue weighted by Crippen LogP contribution is 2.15. The molecule has 1 aromatic rings. The molecule has 0 radical (unpaired) electrons. The largest absolute Gasteiger partial charge is 0.423 e. The smallest absolute Gasteiger partial charge is 0.339 e. The highest BCUT2D eigenvalue weighted by molar-refractivity contribution is 5.97. The molecule has 1 unspecified atom stereocenters. The van der Waals surface area contributed by atoms with E-state index in [1.165, 1.54) is 25.7 Å². The van der Waals surface area contributed by atoms with E-state index in [1.54, 1.807) is 31.2 Å². The van der Waals surface area contributed by atoms with E-state index in [0.29, 0.717) is 12.3 Å². The molecule has 1 aromatic carbocycles. The zero-order valence-electron chi connectivity index (χ0n) is 14.8. The van der Waals surface area contributed by atoms with Crippen LogP contribution in [0.25, 0.3) is 0 Å². The van der Waals surface area contributed by atoms with E-state index in [0.717, 1.165) is 12.8 Å². The van der Waals surface area contributed by atoms with Crippen LogP contribution in [-0.2, 0) is 9.59 Å². The Labute approximate surface area is 145 Å². The van der Waals surface area contributed by atoms with E-state index >= 15 is 0 Å². The molecule has 0 saturated heterocycles.